The van der Waals surface area contributed by atoms with Crippen LogP contribution < -0.4 is 0 Å². The van der Waals surface area contributed by atoms with Gasteiger partial charge in [0.15, 0.2) is 0 Å². The van der Waals surface area contributed by atoms with E-state index < -0.39 is 22.7 Å². The molecule has 0 saturated carbocycles. The summed E-state index contributed by atoms with van der Waals surface area (Å²) >= 11 is 6.83. The van der Waals surface area contributed by atoms with Crippen molar-refractivity contribution in [1.29, 1.82) is 0 Å². The third-order valence-electron chi connectivity index (χ3n) is 2.73. The lowest BCUT2D eigenvalue weighted by Gasteiger charge is -2.33. The first kappa shape index (κ1) is 15.9. The van der Waals surface area contributed by atoms with Crippen LogP contribution in [0.5, 0.6) is 0 Å². The zero-order chi connectivity index (χ0) is 12.9. The standard InChI is InChI=1S/C10H16Br2O4/c1-3-10(12,4-2)8(11)6(9(15)16)5-7(13)14/h6,8H,3-5H2,1-2H3,(H,13,14)(H,15,16). The zero-order valence-corrected chi connectivity index (χ0v) is 12.4. The second-order valence-corrected chi connectivity index (χ2v) is 6.25. The van der Waals surface area contributed by atoms with Crippen molar-refractivity contribution in [2.24, 2.45) is 5.92 Å². The predicted molar refractivity (Wildman–Crippen MR) is 68.3 cm³/mol. The van der Waals surface area contributed by atoms with E-state index in [1.807, 2.05) is 13.8 Å². The van der Waals surface area contributed by atoms with Gasteiger partial charge < -0.3 is 10.2 Å². The molecule has 16 heavy (non-hydrogen) atoms. The molecule has 0 heterocycles. The highest BCUT2D eigenvalue weighted by atomic mass is 79.9. The number of carboxylic acid groups (broad SMARTS) is 2. The highest BCUT2D eigenvalue weighted by Gasteiger charge is 2.41. The Morgan fingerprint density at radius 1 is 1.25 bits per heavy atom. The van der Waals surface area contributed by atoms with Gasteiger partial charge in [0.2, 0.25) is 0 Å². The third-order valence-corrected chi connectivity index (χ3v) is 6.48. The second-order valence-electron chi connectivity index (χ2n) is 3.69. The first-order valence-corrected chi connectivity index (χ1v) is 6.77. The van der Waals surface area contributed by atoms with Gasteiger partial charge in [0, 0.05) is 9.15 Å². The van der Waals surface area contributed by atoms with Gasteiger partial charge in [0.05, 0.1) is 12.3 Å². The van der Waals surface area contributed by atoms with E-state index in [0.29, 0.717) is 0 Å². The maximum Gasteiger partial charge on any atom is 0.308 e. The molecule has 94 valence electrons. The first-order valence-electron chi connectivity index (χ1n) is 5.06. The zero-order valence-electron chi connectivity index (χ0n) is 9.24. The van der Waals surface area contributed by atoms with Crippen LogP contribution in [0.4, 0.5) is 0 Å². The summed E-state index contributed by atoms with van der Waals surface area (Å²) in [5, 5.41) is 17.7. The molecule has 0 radical (unpaired) electrons. The average molecular weight is 360 g/mol. The van der Waals surface area contributed by atoms with E-state index in [4.69, 9.17) is 10.2 Å². The Labute approximate surface area is 112 Å². The van der Waals surface area contributed by atoms with Gasteiger partial charge in [-0.2, -0.15) is 0 Å². The van der Waals surface area contributed by atoms with Crippen LogP contribution in [0.3, 0.4) is 0 Å². The van der Waals surface area contributed by atoms with Gasteiger partial charge in [-0.3, -0.25) is 9.59 Å². The molecule has 0 aromatic rings. The normalized spacial score (nSPS) is 15.5. The summed E-state index contributed by atoms with van der Waals surface area (Å²) in [7, 11) is 0. The van der Waals surface area contributed by atoms with Gasteiger partial charge in [-0.05, 0) is 12.8 Å². The molecule has 2 N–H and O–H groups in total. The number of halogens is 2. The molecule has 2 atom stereocenters. The highest BCUT2D eigenvalue weighted by Crippen LogP contribution is 2.40. The van der Waals surface area contributed by atoms with Gasteiger partial charge in [0.1, 0.15) is 0 Å². The van der Waals surface area contributed by atoms with Crippen LogP contribution in [0, 0.1) is 5.92 Å². The minimum atomic E-state index is -1.10. The molecule has 0 bridgehead atoms. The summed E-state index contributed by atoms with van der Waals surface area (Å²) < 4.78 is -0.383. The largest absolute Gasteiger partial charge is 0.481 e. The van der Waals surface area contributed by atoms with Crippen molar-refractivity contribution in [3.05, 3.63) is 0 Å². The predicted octanol–water partition coefficient (Wildman–Crippen LogP) is 2.88. The van der Waals surface area contributed by atoms with Crippen LogP contribution in [0.1, 0.15) is 33.1 Å². The molecule has 0 aliphatic rings. The average Bonchev–Trinajstić information content (AvgIpc) is 2.23. The van der Waals surface area contributed by atoms with Gasteiger partial charge in [-0.25, -0.2) is 0 Å². The molecule has 0 aromatic heterocycles. The van der Waals surface area contributed by atoms with E-state index in [-0.39, 0.29) is 10.7 Å². The Bertz CT molecular complexity index is 264. The van der Waals surface area contributed by atoms with E-state index in [9.17, 15) is 9.59 Å². The minimum Gasteiger partial charge on any atom is -0.481 e. The number of hydrogen-bond donors (Lipinski definition) is 2. The molecule has 0 spiro atoms. The lowest BCUT2D eigenvalue weighted by Crippen LogP contribution is -2.40. The monoisotopic (exact) mass is 358 g/mol. The van der Waals surface area contributed by atoms with E-state index in [1.165, 1.54) is 0 Å². The fourth-order valence-corrected chi connectivity index (χ4v) is 2.88. The molecule has 0 aliphatic heterocycles. The minimum absolute atomic E-state index is 0.376. The SMILES string of the molecule is CCC(Br)(CC)C(Br)C(CC(=O)O)C(=O)O. The molecule has 0 aliphatic carbocycles. The number of carbonyl (C=O) groups is 2. The summed E-state index contributed by atoms with van der Waals surface area (Å²) in [6, 6.07) is 0. The van der Waals surface area contributed by atoms with Crippen molar-refractivity contribution in [2.45, 2.75) is 42.3 Å². The Morgan fingerprint density at radius 3 is 1.94 bits per heavy atom. The molecule has 0 fully saturated rings. The molecule has 0 rings (SSSR count). The summed E-state index contributed by atoms with van der Waals surface area (Å²) in [5.74, 6) is -3.12. The number of hydrogen-bond acceptors (Lipinski definition) is 2. The highest BCUT2D eigenvalue weighted by molar-refractivity contribution is 9.12. The van der Waals surface area contributed by atoms with Crippen LogP contribution in [-0.2, 0) is 9.59 Å². The summed E-state index contributed by atoms with van der Waals surface area (Å²) in [5.41, 5.74) is 0. The van der Waals surface area contributed by atoms with Crippen molar-refractivity contribution in [3.63, 3.8) is 0 Å². The van der Waals surface area contributed by atoms with Crippen molar-refractivity contribution in [3.8, 4) is 0 Å². The fourth-order valence-electron chi connectivity index (χ4n) is 1.50. The first-order chi connectivity index (χ1) is 7.28. The molecule has 0 aromatic carbocycles. The summed E-state index contributed by atoms with van der Waals surface area (Å²) in [6.45, 7) is 3.87. The van der Waals surface area contributed by atoms with Crippen LogP contribution in [0.25, 0.3) is 0 Å². The number of rotatable bonds is 7. The number of carboxylic acids is 2. The van der Waals surface area contributed by atoms with Crippen LogP contribution in [0.2, 0.25) is 0 Å². The van der Waals surface area contributed by atoms with Crippen LogP contribution >= 0.6 is 31.9 Å². The molecule has 0 amide bonds. The molecular weight excluding hydrogens is 344 g/mol. The Kier molecular flexibility index (Phi) is 6.55. The Morgan fingerprint density at radius 2 is 1.69 bits per heavy atom. The lowest BCUT2D eigenvalue weighted by atomic mass is 9.88. The molecular formula is C10H16Br2O4. The number of alkyl halides is 2. The molecule has 4 nitrogen and oxygen atoms in total. The fraction of sp³-hybridized carbons (Fsp3) is 0.800. The maximum atomic E-state index is 11.0. The maximum absolute atomic E-state index is 11.0. The summed E-state index contributed by atoms with van der Waals surface area (Å²) in [4.78, 5) is 21.3. The topological polar surface area (TPSA) is 74.6 Å². The van der Waals surface area contributed by atoms with Crippen LogP contribution in [0.15, 0.2) is 0 Å². The second kappa shape index (κ2) is 6.59. The molecule has 6 heteroatoms. The smallest absolute Gasteiger partial charge is 0.308 e. The van der Waals surface area contributed by atoms with Crippen molar-refractivity contribution in [2.75, 3.05) is 0 Å². The van der Waals surface area contributed by atoms with Gasteiger partial charge in [-0.15, -0.1) is 0 Å². The van der Waals surface area contributed by atoms with Gasteiger partial charge in [0.25, 0.3) is 0 Å². The van der Waals surface area contributed by atoms with Crippen molar-refractivity contribution in [1.82, 2.24) is 0 Å². The van der Waals surface area contributed by atoms with E-state index >= 15 is 0 Å². The quantitative estimate of drug-likeness (QED) is 0.685. The van der Waals surface area contributed by atoms with Crippen LogP contribution in [-0.4, -0.2) is 31.3 Å². The lowest BCUT2D eigenvalue weighted by molar-refractivity contribution is -0.148. The Hall–Kier alpha value is -0.100. The number of aliphatic carboxylic acids is 2. The molecule has 0 saturated heterocycles. The third kappa shape index (κ3) is 4.05. The van der Waals surface area contributed by atoms with Gasteiger partial charge in [-0.1, -0.05) is 45.7 Å². The van der Waals surface area contributed by atoms with Crippen molar-refractivity contribution >= 4 is 43.8 Å². The van der Waals surface area contributed by atoms with E-state index in [2.05, 4.69) is 31.9 Å². The van der Waals surface area contributed by atoms with E-state index in [0.717, 1.165) is 12.8 Å². The summed E-state index contributed by atoms with van der Waals surface area (Å²) in [6.07, 6.45) is 1.07. The van der Waals surface area contributed by atoms with E-state index in [1.54, 1.807) is 0 Å². The molecule has 2 unspecified atom stereocenters. The van der Waals surface area contributed by atoms with Gasteiger partial charge >= 0.3 is 11.9 Å². The van der Waals surface area contributed by atoms with Crippen molar-refractivity contribution < 1.29 is 19.8 Å². The Balaban J connectivity index is 4.92.